The van der Waals surface area contributed by atoms with Gasteiger partial charge in [0.25, 0.3) is 0 Å². The van der Waals surface area contributed by atoms with Crippen molar-refractivity contribution in [2.45, 2.75) is 38.0 Å². The average molecular weight is 401 g/mol. The van der Waals surface area contributed by atoms with Crippen LogP contribution in [-0.4, -0.2) is 54.1 Å². The Hall–Kier alpha value is -2.09. The van der Waals surface area contributed by atoms with Gasteiger partial charge in [-0.15, -0.1) is 0 Å². The maximum Gasteiger partial charge on any atom is 0.392 e. The van der Waals surface area contributed by atoms with E-state index in [2.05, 4.69) is 6.08 Å². The third-order valence-electron chi connectivity index (χ3n) is 5.31. The molecule has 1 atom stereocenters. The van der Waals surface area contributed by atoms with Gasteiger partial charge in [0.05, 0.1) is 13.0 Å². The molecule has 28 heavy (non-hydrogen) atoms. The number of rotatable bonds is 6. The number of benzene rings is 1. The zero-order valence-corrected chi connectivity index (χ0v) is 15.6. The van der Waals surface area contributed by atoms with E-state index >= 15 is 0 Å². The molecule has 8 heteroatoms. The Balaban J connectivity index is 1.59. The minimum Gasteiger partial charge on any atom is -0.493 e. The van der Waals surface area contributed by atoms with Gasteiger partial charge in [-0.2, -0.15) is 13.2 Å². The van der Waals surface area contributed by atoms with E-state index in [9.17, 15) is 22.4 Å². The van der Waals surface area contributed by atoms with Crippen molar-refractivity contribution in [2.75, 3.05) is 26.2 Å². The van der Waals surface area contributed by atoms with Crippen LogP contribution in [-0.2, 0) is 17.6 Å². The standard InChI is InChI=1S/C20H23F4NO3/c1-13-8-16-9-17(28-7-6-20(22,23)24)5-4-14(16)2-3-15(13)10-25-11-19(21,12-25)18(26)27/h3-5,9,13H,2,6-8,10-12H2,1H3,(H,26,27). The molecule has 0 saturated carbocycles. The van der Waals surface area contributed by atoms with Gasteiger partial charge < -0.3 is 9.84 Å². The number of likely N-dealkylation sites (tertiary alicyclic amines) is 1. The molecule has 1 heterocycles. The Labute approximate surface area is 160 Å². The molecule has 2 aliphatic rings. The summed E-state index contributed by atoms with van der Waals surface area (Å²) in [4.78, 5) is 12.7. The van der Waals surface area contributed by atoms with Gasteiger partial charge in [-0.05, 0) is 42.0 Å². The van der Waals surface area contributed by atoms with Crippen molar-refractivity contribution in [1.82, 2.24) is 4.90 Å². The second kappa shape index (κ2) is 7.73. The molecule has 0 radical (unpaired) electrons. The molecule has 4 nitrogen and oxygen atoms in total. The van der Waals surface area contributed by atoms with Gasteiger partial charge in [-0.25, -0.2) is 9.18 Å². The zero-order chi connectivity index (χ0) is 20.5. The highest BCUT2D eigenvalue weighted by molar-refractivity contribution is 5.79. The monoisotopic (exact) mass is 401 g/mol. The molecule has 1 aliphatic heterocycles. The number of fused-ring (bicyclic) bond motifs is 1. The molecule has 0 spiro atoms. The molecule has 1 aromatic carbocycles. The second-order valence-electron chi connectivity index (χ2n) is 7.65. The molecule has 1 N–H and O–H groups in total. The average Bonchev–Trinajstić information content (AvgIpc) is 2.70. The van der Waals surface area contributed by atoms with Crippen LogP contribution in [0.25, 0.3) is 0 Å². The first-order chi connectivity index (χ1) is 13.1. The number of carbonyl (C=O) groups is 1. The van der Waals surface area contributed by atoms with Crippen molar-refractivity contribution in [2.24, 2.45) is 5.92 Å². The largest absolute Gasteiger partial charge is 0.493 e. The number of alkyl halides is 4. The van der Waals surface area contributed by atoms with Crippen LogP contribution in [0.2, 0.25) is 0 Å². The number of hydrogen-bond acceptors (Lipinski definition) is 3. The van der Waals surface area contributed by atoms with Crippen molar-refractivity contribution in [1.29, 1.82) is 0 Å². The summed E-state index contributed by atoms with van der Waals surface area (Å²) in [6, 6.07) is 5.34. The molecule has 0 bridgehead atoms. The van der Waals surface area contributed by atoms with Crippen molar-refractivity contribution in [3.63, 3.8) is 0 Å². The van der Waals surface area contributed by atoms with Crippen LogP contribution in [0.15, 0.2) is 29.8 Å². The lowest BCUT2D eigenvalue weighted by Crippen LogP contribution is -2.63. The van der Waals surface area contributed by atoms with Crippen LogP contribution < -0.4 is 4.74 Å². The highest BCUT2D eigenvalue weighted by Gasteiger charge is 2.50. The molecule has 1 unspecified atom stereocenters. The predicted molar refractivity (Wildman–Crippen MR) is 95.2 cm³/mol. The van der Waals surface area contributed by atoms with Crippen LogP contribution in [0.1, 0.15) is 24.5 Å². The zero-order valence-electron chi connectivity index (χ0n) is 15.6. The van der Waals surface area contributed by atoms with Crippen molar-refractivity contribution in [3.05, 3.63) is 41.0 Å². The molecule has 0 aromatic heterocycles. The highest BCUT2D eigenvalue weighted by Crippen LogP contribution is 2.32. The van der Waals surface area contributed by atoms with Gasteiger partial charge in [-0.3, -0.25) is 4.90 Å². The third kappa shape index (κ3) is 4.84. The van der Waals surface area contributed by atoms with Gasteiger partial charge in [0.1, 0.15) is 5.75 Å². The van der Waals surface area contributed by atoms with E-state index in [4.69, 9.17) is 9.84 Å². The Morgan fingerprint density at radius 3 is 2.68 bits per heavy atom. The summed E-state index contributed by atoms with van der Waals surface area (Å²) < 4.78 is 55.9. The van der Waals surface area contributed by atoms with Gasteiger partial charge in [-0.1, -0.05) is 24.6 Å². The topological polar surface area (TPSA) is 49.8 Å². The Morgan fingerprint density at radius 1 is 1.32 bits per heavy atom. The number of ether oxygens (including phenoxy) is 1. The van der Waals surface area contributed by atoms with E-state index in [0.717, 1.165) is 16.7 Å². The summed E-state index contributed by atoms with van der Waals surface area (Å²) in [5, 5.41) is 8.87. The quantitative estimate of drug-likeness (QED) is 0.582. The van der Waals surface area contributed by atoms with Crippen LogP contribution >= 0.6 is 0 Å². The lowest BCUT2D eigenvalue weighted by atomic mass is 9.91. The normalized spacial score (nSPS) is 21.9. The molecular formula is C20H23F4NO3. The maximum atomic E-state index is 13.9. The number of allylic oxidation sites excluding steroid dienone is 1. The molecule has 3 rings (SSSR count). The summed E-state index contributed by atoms with van der Waals surface area (Å²) in [7, 11) is 0. The first kappa shape index (κ1) is 20.6. The summed E-state index contributed by atoms with van der Waals surface area (Å²) >= 11 is 0. The fourth-order valence-electron chi connectivity index (χ4n) is 3.66. The SMILES string of the molecule is CC1Cc2cc(OCCC(F)(F)F)ccc2CC=C1CN1CC(F)(C(=O)O)C1. The van der Waals surface area contributed by atoms with Crippen LogP contribution in [0, 0.1) is 5.92 Å². The number of nitrogens with zero attached hydrogens (tertiary/aromatic N) is 1. The van der Waals surface area contributed by atoms with Crippen LogP contribution in [0.4, 0.5) is 17.6 Å². The molecule has 1 aliphatic carbocycles. The van der Waals surface area contributed by atoms with Crippen molar-refractivity contribution in [3.8, 4) is 5.75 Å². The van der Waals surface area contributed by atoms with Crippen molar-refractivity contribution < 1.29 is 32.2 Å². The summed E-state index contributed by atoms with van der Waals surface area (Å²) in [6.07, 6.45) is -1.78. The number of hydrogen-bond donors (Lipinski definition) is 1. The molecule has 1 aromatic rings. The Bertz CT molecular complexity index is 769. The van der Waals surface area contributed by atoms with E-state index in [0.29, 0.717) is 25.1 Å². The molecule has 1 saturated heterocycles. The molecule has 154 valence electrons. The van der Waals surface area contributed by atoms with Crippen LogP contribution in [0.5, 0.6) is 5.75 Å². The van der Waals surface area contributed by atoms with Gasteiger partial charge in [0, 0.05) is 19.6 Å². The summed E-state index contributed by atoms with van der Waals surface area (Å²) in [5.74, 6) is -0.840. The van der Waals surface area contributed by atoms with Crippen LogP contribution in [0.3, 0.4) is 0 Å². The van der Waals surface area contributed by atoms with E-state index in [1.54, 1.807) is 17.0 Å². The third-order valence-corrected chi connectivity index (χ3v) is 5.31. The summed E-state index contributed by atoms with van der Waals surface area (Å²) in [6.45, 7) is 1.92. The predicted octanol–water partition coefficient (Wildman–Crippen LogP) is 3.79. The second-order valence-corrected chi connectivity index (χ2v) is 7.65. The minimum atomic E-state index is -4.24. The van der Waals surface area contributed by atoms with E-state index in [-0.39, 0.29) is 19.0 Å². The Morgan fingerprint density at radius 2 is 2.04 bits per heavy atom. The van der Waals surface area contributed by atoms with E-state index < -0.39 is 30.8 Å². The lowest BCUT2D eigenvalue weighted by molar-refractivity contribution is -0.163. The number of carboxylic acids is 1. The lowest BCUT2D eigenvalue weighted by Gasteiger charge is -2.42. The molecule has 1 fully saturated rings. The number of carboxylic acid groups (broad SMARTS) is 1. The highest BCUT2D eigenvalue weighted by atomic mass is 19.4. The van der Waals surface area contributed by atoms with E-state index in [1.807, 2.05) is 13.0 Å². The minimum absolute atomic E-state index is 0.115. The smallest absolute Gasteiger partial charge is 0.392 e. The Kier molecular flexibility index (Phi) is 5.70. The molecular weight excluding hydrogens is 378 g/mol. The van der Waals surface area contributed by atoms with E-state index in [1.165, 1.54) is 0 Å². The fourth-order valence-corrected chi connectivity index (χ4v) is 3.66. The first-order valence-corrected chi connectivity index (χ1v) is 9.21. The first-order valence-electron chi connectivity index (χ1n) is 9.21. The number of halogens is 4. The van der Waals surface area contributed by atoms with Gasteiger partial charge in [0.15, 0.2) is 0 Å². The number of aliphatic carboxylic acids is 1. The van der Waals surface area contributed by atoms with Gasteiger partial charge in [0.2, 0.25) is 5.67 Å². The summed E-state index contributed by atoms with van der Waals surface area (Å²) in [5.41, 5.74) is 1.07. The van der Waals surface area contributed by atoms with Crippen molar-refractivity contribution >= 4 is 5.97 Å². The molecule has 0 amide bonds. The maximum absolute atomic E-state index is 13.9. The van der Waals surface area contributed by atoms with Gasteiger partial charge >= 0.3 is 12.1 Å². The fraction of sp³-hybridized carbons (Fsp3) is 0.550.